The van der Waals surface area contributed by atoms with Gasteiger partial charge < -0.3 is 5.32 Å². The minimum atomic E-state index is -0.0139. The van der Waals surface area contributed by atoms with Gasteiger partial charge in [0.1, 0.15) is 0 Å². The van der Waals surface area contributed by atoms with E-state index < -0.39 is 0 Å². The Labute approximate surface area is 87.8 Å². The Balaban J connectivity index is 3.71. The summed E-state index contributed by atoms with van der Waals surface area (Å²) in [5, 5.41) is 2.90. The van der Waals surface area contributed by atoms with Crippen LogP contribution in [-0.2, 0) is 4.79 Å². The zero-order valence-corrected chi connectivity index (χ0v) is 9.73. The number of unbranched alkanes of at least 4 members (excludes halogenated alkanes) is 1. The molecule has 0 bridgehead atoms. The largest absolute Gasteiger partial charge is 0.352 e. The Morgan fingerprint density at radius 1 is 1.43 bits per heavy atom. The summed E-state index contributed by atoms with van der Waals surface area (Å²) in [7, 11) is 0. The van der Waals surface area contributed by atoms with Crippen molar-refractivity contribution < 1.29 is 4.79 Å². The van der Waals surface area contributed by atoms with E-state index in [9.17, 15) is 4.79 Å². The fourth-order valence-corrected chi connectivity index (χ4v) is 1.33. The Hall–Kier alpha value is -0.790. The Morgan fingerprint density at radius 3 is 2.50 bits per heavy atom. The van der Waals surface area contributed by atoms with Crippen LogP contribution >= 0.6 is 0 Å². The second kappa shape index (κ2) is 7.60. The van der Waals surface area contributed by atoms with E-state index in [1.54, 1.807) is 6.92 Å². The van der Waals surface area contributed by atoms with Gasteiger partial charge in [-0.15, -0.1) is 0 Å². The lowest BCUT2D eigenvalue weighted by Gasteiger charge is -2.15. The van der Waals surface area contributed by atoms with Crippen LogP contribution in [-0.4, -0.2) is 12.5 Å². The normalized spacial score (nSPS) is 12.2. The molecule has 0 radical (unpaired) electrons. The SMILES string of the molecule is C=C(C)C(=O)NCC(CC)CCCC. The first-order valence-corrected chi connectivity index (χ1v) is 5.55. The molecule has 2 nitrogen and oxygen atoms in total. The van der Waals surface area contributed by atoms with Gasteiger partial charge in [-0.1, -0.05) is 39.7 Å². The molecule has 1 N–H and O–H groups in total. The molecule has 0 saturated heterocycles. The van der Waals surface area contributed by atoms with Crippen LogP contribution in [0.4, 0.5) is 0 Å². The van der Waals surface area contributed by atoms with Gasteiger partial charge >= 0.3 is 0 Å². The third kappa shape index (κ3) is 5.79. The molecule has 0 aromatic carbocycles. The first-order chi connectivity index (χ1) is 6.61. The maximum Gasteiger partial charge on any atom is 0.246 e. The summed E-state index contributed by atoms with van der Waals surface area (Å²) in [6.45, 7) is 10.5. The summed E-state index contributed by atoms with van der Waals surface area (Å²) in [5.41, 5.74) is 0.593. The van der Waals surface area contributed by atoms with E-state index in [4.69, 9.17) is 0 Å². The molecule has 0 aliphatic carbocycles. The molecule has 14 heavy (non-hydrogen) atoms. The van der Waals surface area contributed by atoms with E-state index in [2.05, 4.69) is 25.7 Å². The van der Waals surface area contributed by atoms with Gasteiger partial charge in [0.2, 0.25) is 5.91 Å². The molecule has 0 aliphatic rings. The van der Waals surface area contributed by atoms with Crippen LogP contribution in [0.5, 0.6) is 0 Å². The molecule has 1 unspecified atom stereocenters. The van der Waals surface area contributed by atoms with Gasteiger partial charge in [0.05, 0.1) is 0 Å². The minimum absolute atomic E-state index is 0.0139. The number of amides is 1. The van der Waals surface area contributed by atoms with Gasteiger partial charge in [0, 0.05) is 12.1 Å². The fraction of sp³-hybridized carbons (Fsp3) is 0.750. The summed E-state index contributed by atoms with van der Waals surface area (Å²) in [6.07, 6.45) is 4.83. The quantitative estimate of drug-likeness (QED) is 0.625. The molecule has 0 aromatic heterocycles. The maximum absolute atomic E-state index is 11.2. The number of carbonyl (C=O) groups excluding carboxylic acids is 1. The first kappa shape index (κ1) is 13.2. The van der Waals surface area contributed by atoms with Crippen LogP contribution in [0.3, 0.4) is 0 Å². The van der Waals surface area contributed by atoms with Gasteiger partial charge in [-0.05, 0) is 19.3 Å². The highest BCUT2D eigenvalue weighted by molar-refractivity contribution is 5.92. The van der Waals surface area contributed by atoms with Crippen LogP contribution in [0.2, 0.25) is 0 Å². The predicted molar refractivity (Wildman–Crippen MR) is 61.1 cm³/mol. The third-order valence-electron chi connectivity index (χ3n) is 2.48. The molecule has 2 heteroatoms. The van der Waals surface area contributed by atoms with Crippen molar-refractivity contribution in [3.63, 3.8) is 0 Å². The zero-order chi connectivity index (χ0) is 11.0. The van der Waals surface area contributed by atoms with E-state index in [-0.39, 0.29) is 5.91 Å². The minimum Gasteiger partial charge on any atom is -0.352 e. The molecule has 0 fully saturated rings. The topological polar surface area (TPSA) is 29.1 Å². The van der Waals surface area contributed by atoms with Crippen molar-refractivity contribution in [3.8, 4) is 0 Å². The van der Waals surface area contributed by atoms with E-state index in [0.717, 1.165) is 13.0 Å². The summed E-state index contributed by atoms with van der Waals surface area (Å²) < 4.78 is 0. The van der Waals surface area contributed by atoms with Gasteiger partial charge in [-0.25, -0.2) is 0 Å². The molecule has 0 aromatic rings. The molecule has 0 heterocycles. The lowest BCUT2D eigenvalue weighted by atomic mass is 9.99. The number of carbonyl (C=O) groups is 1. The molecule has 1 atom stereocenters. The summed E-state index contributed by atoms with van der Waals surface area (Å²) in [4.78, 5) is 11.2. The zero-order valence-electron chi connectivity index (χ0n) is 9.73. The highest BCUT2D eigenvalue weighted by Crippen LogP contribution is 2.11. The third-order valence-corrected chi connectivity index (χ3v) is 2.48. The van der Waals surface area contributed by atoms with Crippen LogP contribution in [0.25, 0.3) is 0 Å². The average Bonchev–Trinajstić information content (AvgIpc) is 2.17. The lowest BCUT2D eigenvalue weighted by Crippen LogP contribution is -2.29. The summed E-state index contributed by atoms with van der Waals surface area (Å²) in [6, 6.07) is 0. The second-order valence-electron chi connectivity index (χ2n) is 3.91. The van der Waals surface area contributed by atoms with Crippen molar-refractivity contribution in [2.75, 3.05) is 6.54 Å². The standard InChI is InChI=1S/C12H23NO/c1-5-7-8-11(6-2)9-13-12(14)10(3)4/h11H,3,5-9H2,1-2,4H3,(H,13,14). The second-order valence-corrected chi connectivity index (χ2v) is 3.91. The highest BCUT2D eigenvalue weighted by atomic mass is 16.1. The molecule has 0 aliphatic heterocycles. The molecule has 0 saturated carbocycles. The van der Waals surface area contributed by atoms with E-state index in [1.807, 2.05) is 0 Å². The van der Waals surface area contributed by atoms with Crippen molar-refractivity contribution in [1.29, 1.82) is 0 Å². The van der Waals surface area contributed by atoms with Crippen molar-refractivity contribution in [2.24, 2.45) is 5.92 Å². The smallest absolute Gasteiger partial charge is 0.246 e. The molecular formula is C12H23NO. The van der Waals surface area contributed by atoms with Crippen LogP contribution in [0.1, 0.15) is 46.5 Å². The monoisotopic (exact) mass is 197 g/mol. The maximum atomic E-state index is 11.2. The molecular weight excluding hydrogens is 174 g/mol. The number of nitrogens with one attached hydrogen (secondary N) is 1. The van der Waals surface area contributed by atoms with Crippen molar-refractivity contribution in [3.05, 3.63) is 12.2 Å². The first-order valence-electron chi connectivity index (χ1n) is 5.55. The predicted octanol–water partition coefficient (Wildman–Crippen LogP) is 2.90. The van der Waals surface area contributed by atoms with Gasteiger partial charge in [-0.2, -0.15) is 0 Å². The molecule has 82 valence electrons. The number of hydrogen-bond acceptors (Lipinski definition) is 1. The van der Waals surface area contributed by atoms with Crippen LogP contribution in [0, 0.1) is 5.92 Å². The number of rotatable bonds is 7. The van der Waals surface area contributed by atoms with Gasteiger partial charge in [-0.3, -0.25) is 4.79 Å². The molecule has 0 rings (SSSR count). The van der Waals surface area contributed by atoms with Crippen LogP contribution in [0.15, 0.2) is 12.2 Å². The van der Waals surface area contributed by atoms with Crippen molar-refractivity contribution >= 4 is 5.91 Å². The Bertz CT molecular complexity index is 187. The number of hydrogen-bond donors (Lipinski definition) is 1. The molecule has 0 spiro atoms. The van der Waals surface area contributed by atoms with Crippen LogP contribution < -0.4 is 5.32 Å². The summed E-state index contributed by atoms with van der Waals surface area (Å²) in [5.74, 6) is 0.609. The highest BCUT2D eigenvalue weighted by Gasteiger charge is 2.07. The van der Waals surface area contributed by atoms with E-state index in [1.165, 1.54) is 19.3 Å². The Morgan fingerprint density at radius 2 is 2.07 bits per heavy atom. The lowest BCUT2D eigenvalue weighted by molar-refractivity contribution is -0.117. The van der Waals surface area contributed by atoms with E-state index in [0.29, 0.717) is 11.5 Å². The van der Waals surface area contributed by atoms with Crippen molar-refractivity contribution in [1.82, 2.24) is 5.32 Å². The molecule has 1 amide bonds. The van der Waals surface area contributed by atoms with E-state index >= 15 is 0 Å². The van der Waals surface area contributed by atoms with Gasteiger partial charge in [0.15, 0.2) is 0 Å². The van der Waals surface area contributed by atoms with Gasteiger partial charge in [0.25, 0.3) is 0 Å². The summed E-state index contributed by atoms with van der Waals surface area (Å²) >= 11 is 0. The Kier molecular flexibility index (Phi) is 7.17. The van der Waals surface area contributed by atoms with Crippen molar-refractivity contribution in [2.45, 2.75) is 46.5 Å². The average molecular weight is 197 g/mol. The fourth-order valence-electron chi connectivity index (χ4n) is 1.33.